The van der Waals surface area contributed by atoms with Crippen LogP contribution in [-0.2, 0) is 16.0 Å². The van der Waals surface area contributed by atoms with E-state index in [0.717, 1.165) is 12.8 Å². The third-order valence-corrected chi connectivity index (χ3v) is 2.53. The fraction of sp³-hybridized carbons (Fsp3) is 0.429. The first kappa shape index (κ1) is 13.4. The maximum absolute atomic E-state index is 11.3. The zero-order valence-electron chi connectivity index (χ0n) is 10.4. The Kier molecular flexibility index (Phi) is 5.40. The lowest BCUT2D eigenvalue weighted by atomic mass is 10.1. The number of Topliss-reactive ketones (excluding diaryl/α,β-unsaturated/α-hetero) is 1. The maximum Gasteiger partial charge on any atom is 0.227 e. The van der Waals surface area contributed by atoms with E-state index >= 15 is 0 Å². The van der Waals surface area contributed by atoms with Crippen molar-refractivity contribution in [3.63, 3.8) is 0 Å². The standard InChI is InChI=1S/C14H19NO2/c1-11(15-14(17)10-12(2)16)8-9-13-6-4-3-5-7-13/h3-7,11H,8-10H2,1-2H3,(H,15,17)/t11-/m0/s1. The van der Waals surface area contributed by atoms with E-state index in [9.17, 15) is 9.59 Å². The fourth-order valence-corrected chi connectivity index (χ4v) is 1.65. The molecule has 0 aliphatic heterocycles. The first-order valence-electron chi connectivity index (χ1n) is 5.90. The molecule has 0 unspecified atom stereocenters. The summed E-state index contributed by atoms with van der Waals surface area (Å²) in [7, 11) is 0. The van der Waals surface area contributed by atoms with Crippen molar-refractivity contribution >= 4 is 11.7 Å². The number of hydrogen-bond acceptors (Lipinski definition) is 2. The Bertz CT molecular complexity index is 373. The third kappa shape index (κ3) is 5.85. The predicted octanol–water partition coefficient (Wildman–Crippen LogP) is 2.10. The highest BCUT2D eigenvalue weighted by molar-refractivity contribution is 5.96. The number of aryl methyl sites for hydroxylation is 1. The van der Waals surface area contributed by atoms with Crippen molar-refractivity contribution in [1.82, 2.24) is 5.32 Å². The molecule has 17 heavy (non-hydrogen) atoms. The summed E-state index contributed by atoms with van der Waals surface area (Å²) in [6.45, 7) is 3.38. The first-order valence-corrected chi connectivity index (χ1v) is 5.90. The predicted molar refractivity (Wildman–Crippen MR) is 67.7 cm³/mol. The van der Waals surface area contributed by atoms with Gasteiger partial charge in [0.15, 0.2) is 0 Å². The molecule has 0 spiro atoms. The molecule has 1 aromatic rings. The van der Waals surface area contributed by atoms with E-state index in [2.05, 4.69) is 17.4 Å². The molecule has 0 aliphatic carbocycles. The molecule has 0 radical (unpaired) electrons. The topological polar surface area (TPSA) is 46.2 Å². The Labute approximate surface area is 102 Å². The lowest BCUT2D eigenvalue weighted by Gasteiger charge is -2.13. The quantitative estimate of drug-likeness (QED) is 0.765. The molecule has 0 fully saturated rings. The summed E-state index contributed by atoms with van der Waals surface area (Å²) in [5.74, 6) is -0.282. The summed E-state index contributed by atoms with van der Waals surface area (Å²) in [5.41, 5.74) is 1.26. The molecule has 1 rings (SSSR count). The highest BCUT2D eigenvalue weighted by Crippen LogP contribution is 2.04. The van der Waals surface area contributed by atoms with Gasteiger partial charge in [0, 0.05) is 6.04 Å². The lowest BCUT2D eigenvalue weighted by molar-refractivity contribution is -0.127. The number of ketones is 1. The van der Waals surface area contributed by atoms with Crippen molar-refractivity contribution < 1.29 is 9.59 Å². The maximum atomic E-state index is 11.3. The normalized spacial score (nSPS) is 11.9. The molecular formula is C14H19NO2. The molecule has 1 amide bonds. The number of rotatable bonds is 6. The minimum absolute atomic E-state index is 0.0182. The van der Waals surface area contributed by atoms with Gasteiger partial charge in [0.1, 0.15) is 5.78 Å². The van der Waals surface area contributed by atoms with E-state index in [4.69, 9.17) is 0 Å². The highest BCUT2D eigenvalue weighted by atomic mass is 16.2. The SMILES string of the molecule is CC(=O)CC(=O)N[C@@H](C)CCc1ccccc1. The van der Waals surface area contributed by atoms with Crippen LogP contribution < -0.4 is 5.32 Å². The Morgan fingerprint density at radius 1 is 1.24 bits per heavy atom. The molecule has 0 aromatic heterocycles. The molecule has 0 saturated carbocycles. The van der Waals surface area contributed by atoms with Gasteiger partial charge >= 0.3 is 0 Å². The van der Waals surface area contributed by atoms with Gasteiger partial charge in [0.25, 0.3) is 0 Å². The molecule has 1 aromatic carbocycles. The molecule has 3 nitrogen and oxygen atoms in total. The Hall–Kier alpha value is -1.64. The molecule has 0 heterocycles. The Balaban J connectivity index is 2.28. The van der Waals surface area contributed by atoms with E-state index in [0.29, 0.717) is 0 Å². The van der Waals surface area contributed by atoms with Gasteiger partial charge in [-0.2, -0.15) is 0 Å². The van der Waals surface area contributed by atoms with Crippen molar-refractivity contribution in [3.05, 3.63) is 35.9 Å². The number of carbonyl (C=O) groups excluding carboxylic acids is 2. The van der Waals surface area contributed by atoms with Crippen molar-refractivity contribution in [3.8, 4) is 0 Å². The van der Waals surface area contributed by atoms with E-state index in [1.165, 1.54) is 12.5 Å². The summed E-state index contributed by atoms with van der Waals surface area (Å²) in [5, 5.41) is 2.82. The molecule has 1 N–H and O–H groups in total. The van der Waals surface area contributed by atoms with Gasteiger partial charge < -0.3 is 5.32 Å². The van der Waals surface area contributed by atoms with Gasteiger partial charge in [-0.3, -0.25) is 9.59 Å². The summed E-state index contributed by atoms with van der Waals surface area (Å²) >= 11 is 0. The van der Waals surface area contributed by atoms with Crippen molar-refractivity contribution in [1.29, 1.82) is 0 Å². The first-order chi connectivity index (χ1) is 8.08. The summed E-state index contributed by atoms with van der Waals surface area (Å²) < 4.78 is 0. The summed E-state index contributed by atoms with van der Waals surface area (Å²) in [6, 6.07) is 10.3. The van der Waals surface area contributed by atoms with Crippen LogP contribution >= 0.6 is 0 Å². The van der Waals surface area contributed by atoms with Crippen LogP contribution in [0.4, 0.5) is 0 Å². The van der Waals surface area contributed by atoms with Gasteiger partial charge in [-0.05, 0) is 32.3 Å². The van der Waals surface area contributed by atoms with Crippen LogP contribution in [-0.4, -0.2) is 17.7 Å². The minimum atomic E-state index is -0.182. The molecular weight excluding hydrogens is 214 g/mol. The van der Waals surface area contributed by atoms with Crippen LogP contribution in [0.2, 0.25) is 0 Å². The molecule has 0 saturated heterocycles. The lowest BCUT2D eigenvalue weighted by Crippen LogP contribution is -2.33. The average Bonchev–Trinajstić information content (AvgIpc) is 2.26. The number of amides is 1. The van der Waals surface area contributed by atoms with Gasteiger partial charge in [-0.15, -0.1) is 0 Å². The van der Waals surface area contributed by atoms with E-state index in [1.54, 1.807) is 0 Å². The van der Waals surface area contributed by atoms with Gasteiger partial charge in [0.2, 0.25) is 5.91 Å². The van der Waals surface area contributed by atoms with Crippen LogP contribution in [0, 0.1) is 0 Å². The molecule has 0 aliphatic rings. The highest BCUT2D eigenvalue weighted by Gasteiger charge is 2.09. The number of nitrogens with one attached hydrogen (secondary N) is 1. The van der Waals surface area contributed by atoms with Crippen LogP contribution in [0.3, 0.4) is 0 Å². The smallest absolute Gasteiger partial charge is 0.227 e. The monoisotopic (exact) mass is 233 g/mol. The van der Waals surface area contributed by atoms with Gasteiger partial charge in [-0.25, -0.2) is 0 Å². The molecule has 92 valence electrons. The van der Waals surface area contributed by atoms with Crippen LogP contribution in [0.5, 0.6) is 0 Å². The summed E-state index contributed by atoms with van der Waals surface area (Å²) in [6.07, 6.45) is 1.80. The average molecular weight is 233 g/mol. The fourth-order valence-electron chi connectivity index (χ4n) is 1.65. The van der Waals surface area contributed by atoms with Gasteiger partial charge in [0.05, 0.1) is 6.42 Å². The van der Waals surface area contributed by atoms with Crippen LogP contribution in [0.25, 0.3) is 0 Å². The van der Waals surface area contributed by atoms with Crippen LogP contribution in [0.15, 0.2) is 30.3 Å². The minimum Gasteiger partial charge on any atom is -0.353 e. The molecule has 0 bridgehead atoms. The van der Waals surface area contributed by atoms with Crippen molar-refractivity contribution in [2.24, 2.45) is 0 Å². The largest absolute Gasteiger partial charge is 0.353 e. The van der Waals surface area contributed by atoms with E-state index in [-0.39, 0.29) is 24.2 Å². The van der Waals surface area contributed by atoms with Crippen molar-refractivity contribution in [2.75, 3.05) is 0 Å². The zero-order valence-corrected chi connectivity index (χ0v) is 10.4. The van der Waals surface area contributed by atoms with E-state index in [1.807, 2.05) is 25.1 Å². The van der Waals surface area contributed by atoms with Gasteiger partial charge in [-0.1, -0.05) is 30.3 Å². The third-order valence-electron chi connectivity index (χ3n) is 2.53. The second-order valence-electron chi connectivity index (χ2n) is 4.37. The Morgan fingerprint density at radius 3 is 2.47 bits per heavy atom. The van der Waals surface area contributed by atoms with Crippen LogP contribution in [0.1, 0.15) is 32.3 Å². The second kappa shape index (κ2) is 6.84. The number of carbonyl (C=O) groups is 2. The number of benzene rings is 1. The van der Waals surface area contributed by atoms with E-state index < -0.39 is 0 Å². The molecule has 1 atom stereocenters. The number of hydrogen-bond donors (Lipinski definition) is 1. The van der Waals surface area contributed by atoms with Crippen molar-refractivity contribution in [2.45, 2.75) is 39.2 Å². The Morgan fingerprint density at radius 2 is 1.88 bits per heavy atom. The zero-order chi connectivity index (χ0) is 12.7. The molecule has 3 heteroatoms. The summed E-state index contributed by atoms with van der Waals surface area (Å²) in [4.78, 5) is 22.1. The second-order valence-corrected chi connectivity index (χ2v) is 4.37.